The Hall–Kier alpha value is -2.97. The Morgan fingerprint density at radius 1 is 1.07 bits per heavy atom. The number of benzene rings is 3. The van der Waals surface area contributed by atoms with Gasteiger partial charge in [0.15, 0.2) is 15.0 Å². The third-order valence-electron chi connectivity index (χ3n) is 4.27. The van der Waals surface area contributed by atoms with Crippen molar-refractivity contribution in [2.24, 2.45) is 0 Å². The van der Waals surface area contributed by atoms with Crippen LogP contribution in [0.5, 0.6) is 5.75 Å². The molecule has 0 unspecified atom stereocenters. The second-order valence-electron chi connectivity index (χ2n) is 6.14. The minimum absolute atomic E-state index is 0.0683. The van der Waals surface area contributed by atoms with Gasteiger partial charge in [0.05, 0.1) is 22.2 Å². The van der Waals surface area contributed by atoms with Crippen LogP contribution in [0.2, 0.25) is 0 Å². The maximum absolute atomic E-state index is 12.5. The van der Waals surface area contributed by atoms with E-state index < -0.39 is 21.5 Å². The van der Waals surface area contributed by atoms with Gasteiger partial charge in [-0.3, -0.25) is 4.79 Å². The van der Waals surface area contributed by atoms with Crippen LogP contribution in [0.15, 0.2) is 65.6 Å². The Labute approximate surface area is 165 Å². The molecule has 3 aromatic carbocycles. The maximum Gasteiger partial charge on any atom is 0.241 e. The van der Waals surface area contributed by atoms with E-state index in [4.69, 9.17) is 4.74 Å². The van der Waals surface area contributed by atoms with Crippen LogP contribution in [0.3, 0.4) is 0 Å². The van der Waals surface area contributed by atoms with Gasteiger partial charge in [-0.05, 0) is 35.7 Å². The zero-order chi connectivity index (χ0) is 19.7. The quantitative estimate of drug-likeness (QED) is 0.538. The number of anilines is 1. The van der Waals surface area contributed by atoms with Crippen LogP contribution in [-0.2, 0) is 14.6 Å². The van der Waals surface area contributed by atoms with E-state index in [0.717, 1.165) is 21.0 Å². The molecular formula is C20H16N2O4S2. The summed E-state index contributed by atoms with van der Waals surface area (Å²) in [6.07, 6.45) is 0. The number of hydrogen-bond donors (Lipinski definition) is 1. The zero-order valence-corrected chi connectivity index (χ0v) is 16.5. The Morgan fingerprint density at radius 2 is 1.82 bits per heavy atom. The van der Waals surface area contributed by atoms with Gasteiger partial charge in [-0.1, -0.05) is 41.7 Å². The van der Waals surface area contributed by atoms with E-state index in [1.54, 1.807) is 12.1 Å². The molecule has 28 heavy (non-hydrogen) atoms. The number of carbonyl (C=O) groups excluding carboxylic acids is 1. The van der Waals surface area contributed by atoms with Gasteiger partial charge in [-0.25, -0.2) is 13.4 Å². The molecular weight excluding hydrogens is 396 g/mol. The molecule has 4 aromatic rings. The number of carbonyl (C=O) groups is 1. The van der Waals surface area contributed by atoms with Crippen LogP contribution in [0.25, 0.3) is 21.0 Å². The molecule has 0 aliphatic heterocycles. The van der Waals surface area contributed by atoms with Crippen LogP contribution in [-0.4, -0.2) is 32.2 Å². The second kappa shape index (κ2) is 7.21. The first-order chi connectivity index (χ1) is 13.5. The van der Waals surface area contributed by atoms with Crippen molar-refractivity contribution in [1.29, 1.82) is 0 Å². The lowest BCUT2D eigenvalue weighted by Gasteiger charge is -2.05. The fourth-order valence-corrected chi connectivity index (χ4v) is 5.05. The topological polar surface area (TPSA) is 85.4 Å². The highest BCUT2D eigenvalue weighted by atomic mass is 32.2. The first kappa shape index (κ1) is 18.4. The minimum Gasteiger partial charge on any atom is -0.497 e. The van der Waals surface area contributed by atoms with Crippen LogP contribution < -0.4 is 10.1 Å². The molecule has 0 aliphatic carbocycles. The van der Waals surface area contributed by atoms with Gasteiger partial charge < -0.3 is 10.1 Å². The van der Waals surface area contributed by atoms with E-state index in [2.05, 4.69) is 10.3 Å². The summed E-state index contributed by atoms with van der Waals surface area (Å²) >= 11 is 1.33. The molecule has 0 saturated heterocycles. The zero-order valence-electron chi connectivity index (χ0n) is 14.9. The standard InChI is InChI=1S/C20H16N2O4S2/c1-26-14-7-9-15(10-8-14)28(24,25)12-18(23)22-20-21-17-11-6-13-4-2-3-5-16(13)19(17)27-20/h2-11H,12H2,1H3,(H,21,22,23). The second-order valence-corrected chi connectivity index (χ2v) is 9.13. The smallest absolute Gasteiger partial charge is 0.241 e. The number of aromatic nitrogens is 1. The monoisotopic (exact) mass is 412 g/mol. The third-order valence-corrected chi connectivity index (χ3v) is 6.92. The van der Waals surface area contributed by atoms with Crippen molar-refractivity contribution in [2.45, 2.75) is 4.90 Å². The number of sulfone groups is 1. The summed E-state index contributed by atoms with van der Waals surface area (Å²) in [5.74, 6) is -0.736. The normalized spacial score (nSPS) is 11.6. The number of ether oxygens (including phenoxy) is 1. The molecule has 142 valence electrons. The predicted octanol–water partition coefficient (Wildman–Crippen LogP) is 3.87. The molecule has 1 aromatic heterocycles. The first-order valence-corrected chi connectivity index (χ1v) is 10.9. The largest absolute Gasteiger partial charge is 0.497 e. The molecule has 1 amide bonds. The van der Waals surface area contributed by atoms with Gasteiger partial charge >= 0.3 is 0 Å². The Bertz CT molecular complexity index is 1280. The van der Waals surface area contributed by atoms with E-state index in [0.29, 0.717) is 10.9 Å². The number of methoxy groups -OCH3 is 1. The van der Waals surface area contributed by atoms with Crippen molar-refractivity contribution in [2.75, 3.05) is 18.2 Å². The van der Waals surface area contributed by atoms with E-state index in [1.165, 1.54) is 30.6 Å². The number of nitrogens with one attached hydrogen (secondary N) is 1. The van der Waals surface area contributed by atoms with Crippen LogP contribution in [0, 0.1) is 0 Å². The average Bonchev–Trinajstić information content (AvgIpc) is 3.10. The van der Waals surface area contributed by atoms with Crippen LogP contribution >= 0.6 is 11.3 Å². The third kappa shape index (κ3) is 3.56. The molecule has 0 aliphatic rings. The van der Waals surface area contributed by atoms with Crippen molar-refractivity contribution in [3.05, 3.63) is 60.7 Å². The molecule has 8 heteroatoms. The lowest BCUT2D eigenvalue weighted by atomic mass is 10.1. The average molecular weight is 412 g/mol. The Kier molecular flexibility index (Phi) is 4.74. The SMILES string of the molecule is COc1ccc(S(=O)(=O)CC(=O)Nc2nc3ccc4ccccc4c3s2)cc1. The Balaban J connectivity index is 1.55. The van der Waals surface area contributed by atoms with E-state index >= 15 is 0 Å². The molecule has 6 nitrogen and oxygen atoms in total. The van der Waals surface area contributed by atoms with Gasteiger partial charge in [-0.15, -0.1) is 0 Å². The molecule has 1 N–H and O–H groups in total. The highest BCUT2D eigenvalue weighted by Crippen LogP contribution is 2.32. The van der Waals surface area contributed by atoms with Gasteiger partial charge in [0.2, 0.25) is 5.91 Å². The van der Waals surface area contributed by atoms with Crippen LogP contribution in [0.1, 0.15) is 0 Å². The molecule has 0 saturated carbocycles. The van der Waals surface area contributed by atoms with Crippen molar-refractivity contribution in [3.63, 3.8) is 0 Å². The lowest BCUT2D eigenvalue weighted by molar-refractivity contribution is -0.113. The molecule has 0 spiro atoms. The number of fused-ring (bicyclic) bond motifs is 3. The van der Waals surface area contributed by atoms with Gasteiger partial charge in [0, 0.05) is 5.39 Å². The minimum atomic E-state index is -3.76. The van der Waals surface area contributed by atoms with Crippen molar-refractivity contribution in [3.8, 4) is 5.75 Å². The van der Waals surface area contributed by atoms with Crippen molar-refractivity contribution < 1.29 is 17.9 Å². The molecule has 0 radical (unpaired) electrons. The number of amides is 1. The van der Waals surface area contributed by atoms with Gasteiger partial charge in [0.1, 0.15) is 11.5 Å². The van der Waals surface area contributed by atoms with Gasteiger partial charge in [-0.2, -0.15) is 0 Å². The van der Waals surface area contributed by atoms with Crippen molar-refractivity contribution in [1.82, 2.24) is 4.98 Å². The van der Waals surface area contributed by atoms with Crippen molar-refractivity contribution >= 4 is 53.2 Å². The van der Waals surface area contributed by atoms with E-state index in [1.807, 2.05) is 36.4 Å². The van der Waals surface area contributed by atoms with Gasteiger partial charge in [0.25, 0.3) is 0 Å². The highest BCUT2D eigenvalue weighted by molar-refractivity contribution is 7.92. The fraction of sp³-hybridized carbons (Fsp3) is 0.100. The molecule has 4 rings (SSSR count). The molecule has 1 heterocycles. The lowest BCUT2D eigenvalue weighted by Crippen LogP contribution is -2.22. The number of hydrogen-bond acceptors (Lipinski definition) is 6. The summed E-state index contributed by atoms with van der Waals surface area (Å²) in [5.41, 5.74) is 0.761. The Morgan fingerprint density at radius 3 is 2.57 bits per heavy atom. The number of thiazole rings is 1. The first-order valence-electron chi connectivity index (χ1n) is 8.41. The molecule has 0 atom stereocenters. The molecule has 0 bridgehead atoms. The summed E-state index contributed by atoms with van der Waals surface area (Å²) in [6, 6.07) is 17.7. The maximum atomic E-state index is 12.5. The summed E-state index contributed by atoms with van der Waals surface area (Å²) in [4.78, 5) is 16.8. The van der Waals surface area contributed by atoms with E-state index in [9.17, 15) is 13.2 Å². The number of nitrogens with zero attached hydrogens (tertiary/aromatic N) is 1. The number of rotatable bonds is 5. The summed E-state index contributed by atoms with van der Waals surface area (Å²) < 4.78 is 30.9. The predicted molar refractivity (Wildman–Crippen MR) is 111 cm³/mol. The highest BCUT2D eigenvalue weighted by Gasteiger charge is 2.20. The van der Waals surface area contributed by atoms with E-state index in [-0.39, 0.29) is 4.90 Å². The summed E-state index contributed by atoms with van der Waals surface area (Å²) in [5, 5.41) is 5.11. The van der Waals surface area contributed by atoms with Crippen LogP contribution in [0.4, 0.5) is 5.13 Å². The molecule has 0 fully saturated rings. The fourth-order valence-electron chi connectivity index (χ4n) is 2.90. The summed E-state index contributed by atoms with van der Waals surface area (Å²) in [7, 11) is -2.26. The summed E-state index contributed by atoms with van der Waals surface area (Å²) in [6.45, 7) is 0.